The first kappa shape index (κ1) is 21.3. The molecule has 0 spiro atoms. The molecule has 0 bridgehead atoms. The molecule has 4 rings (SSSR count). The first-order chi connectivity index (χ1) is 14.6. The summed E-state index contributed by atoms with van der Waals surface area (Å²) in [5.41, 5.74) is 4.93. The second kappa shape index (κ2) is 9.50. The molecule has 162 valence electrons. The van der Waals surface area contributed by atoms with Crippen molar-refractivity contribution in [3.8, 4) is 16.3 Å². The summed E-state index contributed by atoms with van der Waals surface area (Å²) in [6.07, 6.45) is 6.46. The maximum Gasteiger partial charge on any atom is 0.143 e. The van der Waals surface area contributed by atoms with Gasteiger partial charge in [0.15, 0.2) is 0 Å². The van der Waals surface area contributed by atoms with E-state index < -0.39 is 0 Å². The molecule has 0 N–H and O–H groups in total. The van der Waals surface area contributed by atoms with E-state index in [1.54, 1.807) is 25.6 Å². The van der Waals surface area contributed by atoms with Gasteiger partial charge < -0.3 is 14.0 Å². The lowest BCUT2D eigenvalue weighted by molar-refractivity contribution is 0.158. The van der Waals surface area contributed by atoms with Crippen molar-refractivity contribution in [3.63, 3.8) is 0 Å². The summed E-state index contributed by atoms with van der Waals surface area (Å²) in [5, 5.41) is 4.56. The van der Waals surface area contributed by atoms with E-state index in [2.05, 4.69) is 47.0 Å². The highest BCUT2D eigenvalue weighted by atomic mass is 32.1. The van der Waals surface area contributed by atoms with Crippen molar-refractivity contribution in [2.24, 2.45) is 0 Å². The SMILES string of the molecule is COCCN(C)Cc1csc(-c2c(C)n(C3CCCCC3)c3c(OC)cccc23)n1. The van der Waals surface area contributed by atoms with Crippen LogP contribution in [0.1, 0.15) is 49.5 Å². The van der Waals surface area contributed by atoms with Crippen LogP contribution in [0.25, 0.3) is 21.5 Å². The van der Waals surface area contributed by atoms with E-state index in [1.807, 2.05) is 0 Å². The molecular weight excluding hydrogens is 394 g/mol. The van der Waals surface area contributed by atoms with Crippen molar-refractivity contribution >= 4 is 22.2 Å². The Kier molecular flexibility index (Phi) is 6.76. The third-order valence-electron chi connectivity index (χ3n) is 6.27. The molecule has 1 aliphatic rings. The van der Waals surface area contributed by atoms with E-state index in [0.29, 0.717) is 6.04 Å². The van der Waals surface area contributed by atoms with Gasteiger partial charge >= 0.3 is 0 Å². The lowest BCUT2D eigenvalue weighted by atomic mass is 9.95. The van der Waals surface area contributed by atoms with Gasteiger partial charge in [0, 0.05) is 48.3 Å². The topological polar surface area (TPSA) is 39.5 Å². The zero-order valence-corrected chi connectivity index (χ0v) is 19.4. The first-order valence-corrected chi connectivity index (χ1v) is 11.8. The number of hydrogen-bond donors (Lipinski definition) is 0. The molecule has 0 amide bonds. The van der Waals surface area contributed by atoms with E-state index >= 15 is 0 Å². The largest absolute Gasteiger partial charge is 0.495 e. The minimum absolute atomic E-state index is 0.547. The number of fused-ring (bicyclic) bond motifs is 1. The van der Waals surface area contributed by atoms with Gasteiger partial charge in [0.1, 0.15) is 10.8 Å². The monoisotopic (exact) mass is 427 g/mol. The predicted octanol–water partition coefficient (Wildman–Crippen LogP) is 5.67. The summed E-state index contributed by atoms with van der Waals surface area (Å²) in [6.45, 7) is 4.74. The standard InChI is InChI=1S/C24H33N3O2S/c1-17-22(24-25-18(16-30-24)15-26(2)13-14-28-3)20-11-8-12-21(29-4)23(20)27(17)19-9-6-5-7-10-19/h8,11-12,16,19H,5-7,9-10,13-15H2,1-4H3. The number of benzene rings is 1. The van der Waals surface area contributed by atoms with Crippen LogP contribution < -0.4 is 4.74 Å². The molecule has 0 atom stereocenters. The van der Waals surface area contributed by atoms with Gasteiger partial charge in [-0.15, -0.1) is 11.3 Å². The average Bonchev–Trinajstić information content (AvgIpc) is 3.33. The maximum atomic E-state index is 5.80. The zero-order chi connectivity index (χ0) is 21.1. The number of methoxy groups -OCH3 is 2. The van der Waals surface area contributed by atoms with Crippen LogP contribution >= 0.6 is 11.3 Å². The van der Waals surface area contributed by atoms with Crippen molar-refractivity contribution in [3.05, 3.63) is 35.0 Å². The Bertz CT molecular complexity index is 988. The van der Waals surface area contributed by atoms with Crippen LogP contribution in [-0.4, -0.2) is 48.9 Å². The number of thiazole rings is 1. The molecule has 0 aliphatic heterocycles. The minimum Gasteiger partial charge on any atom is -0.495 e. The Morgan fingerprint density at radius 3 is 2.73 bits per heavy atom. The van der Waals surface area contributed by atoms with Gasteiger partial charge in [-0.05, 0) is 32.9 Å². The predicted molar refractivity (Wildman–Crippen MR) is 125 cm³/mol. The maximum absolute atomic E-state index is 5.80. The molecule has 6 heteroatoms. The Labute approximate surface area is 183 Å². The highest BCUT2D eigenvalue weighted by molar-refractivity contribution is 7.13. The fourth-order valence-electron chi connectivity index (χ4n) is 4.78. The van der Waals surface area contributed by atoms with Crippen LogP contribution in [0, 0.1) is 6.92 Å². The van der Waals surface area contributed by atoms with Crippen LogP contribution in [0.3, 0.4) is 0 Å². The van der Waals surface area contributed by atoms with Gasteiger partial charge in [0.05, 0.1) is 24.9 Å². The van der Waals surface area contributed by atoms with Crippen LogP contribution in [0.2, 0.25) is 0 Å². The third kappa shape index (κ3) is 4.13. The summed E-state index contributed by atoms with van der Waals surface area (Å²) >= 11 is 1.75. The first-order valence-electron chi connectivity index (χ1n) is 10.9. The highest BCUT2D eigenvalue weighted by Crippen LogP contribution is 2.44. The van der Waals surface area contributed by atoms with E-state index in [9.17, 15) is 0 Å². The normalized spacial score (nSPS) is 15.4. The smallest absolute Gasteiger partial charge is 0.143 e. The number of aromatic nitrogens is 2. The molecule has 1 saturated carbocycles. The molecule has 0 radical (unpaired) electrons. The molecule has 30 heavy (non-hydrogen) atoms. The number of likely N-dealkylation sites (N-methyl/N-ethyl adjacent to an activating group) is 1. The average molecular weight is 428 g/mol. The summed E-state index contributed by atoms with van der Waals surface area (Å²) < 4.78 is 13.5. The molecule has 1 aromatic carbocycles. The second-order valence-corrected chi connectivity index (χ2v) is 9.21. The Hall–Kier alpha value is -1.89. The summed E-state index contributed by atoms with van der Waals surface area (Å²) in [5.74, 6) is 0.962. The van der Waals surface area contributed by atoms with Crippen molar-refractivity contribution < 1.29 is 9.47 Å². The van der Waals surface area contributed by atoms with Gasteiger partial charge in [-0.25, -0.2) is 4.98 Å². The zero-order valence-electron chi connectivity index (χ0n) is 18.6. The molecule has 3 aromatic rings. The van der Waals surface area contributed by atoms with E-state index in [0.717, 1.165) is 36.1 Å². The summed E-state index contributed by atoms with van der Waals surface area (Å²) in [6, 6.07) is 6.96. The number of rotatable bonds is 8. The Morgan fingerprint density at radius 1 is 1.20 bits per heavy atom. The van der Waals surface area contributed by atoms with Crippen LogP contribution in [0.15, 0.2) is 23.6 Å². The van der Waals surface area contributed by atoms with Gasteiger partial charge in [-0.3, -0.25) is 4.90 Å². The van der Waals surface area contributed by atoms with Crippen LogP contribution in [0.5, 0.6) is 5.75 Å². The molecule has 0 unspecified atom stereocenters. The molecular formula is C24H33N3O2S. The van der Waals surface area contributed by atoms with E-state index in [1.165, 1.54) is 54.3 Å². The Morgan fingerprint density at radius 2 is 2.00 bits per heavy atom. The molecule has 2 aromatic heterocycles. The molecule has 1 fully saturated rings. The number of nitrogens with zero attached hydrogens (tertiary/aromatic N) is 3. The van der Waals surface area contributed by atoms with Gasteiger partial charge in [-0.1, -0.05) is 31.4 Å². The summed E-state index contributed by atoms with van der Waals surface area (Å²) in [4.78, 5) is 7.29. The number of ether oxygens (including phenoxy) is 2. The Balaban J connectivity index is 1.75. The molecule has 0 saturated heterocycles. The van der Waals surface area contributed by atoms with Crippen molar-refractivity contribution in [1.29, 1.82) is 0 Å². The molecule has 5 nitrogen and oxygen atoms in total. The fraction of sp³-hybridized carbons (Fsp3) is 0.542. The lowest BCUT2D eigenvalue weighted by Crippen LogP contribution is -2.22. The number of hydrogen-bond acceptors (Lipinski definition) is 5. The molecule has 2 heterocycles. The van der Waals surface area contributed by atoms with Gasteiger partial charge in [0.25, 0.3) is 0 Å². The number of para-hydroxylation sites is 1. The summed E-state index contributed by atoms with van der Waals surface area (Å²) in [7, 11) is 5.64. The van der Waals surface area contributed by atoms with Gasteiger partial charge in [-0.2, -0.15) is 0 Å². The fourth-order valence-corrected chi connectivity index (χ4v) is 5.70. The highest BCUT2D eigenvalue weighted by Gasteiger charge is 2.26. The van der Waals surface area contributed by atoms with E-state index in [4.69, 9.17) is 14.5 Å². The third-order valence-corrected chi connectivity index (χ3v) is 7.18. The minimum atomic E-state index is 0.547. The van der Waals surface area contributed by atoms with Crippen LogP contribution in [0.4, 0.5) is 0 Å². The van der Waals surface area contributed by atoms with Crippen molar-refractivity contribution in [2.45, 2.75) is 51.6 Å². The quantitative estimate of drug-likeness (QED) is 0.465. The van der Waals surface area contributed by atoms with Crippen molar-refractivity contribution in [2.75, 3.05) is 34.4 Å². The second-order valence-electron chi connectivity index (χ2n) is 8.35. The van der Waals surface area contributed by atoms with Crippen LogP contribution in [-0.2, 0) is 11.3 Å². The molecule has 1 aliphatic carbocycles. The van der Waals surface area contributed by atoms with Gasteiger partial charge in [0.2, 0.25) is 0 Å². The van der Waals surface area contributed by atoms with Crippen molar-refractivity contribution in [1.82, 2.24) is 14.5 Å². The van der Waals surface area contributed by atoms with E-state index in [-0.39, 0.29) is 0 Å². The lowest BCUT2D eigenvalue weighted by Gasteiger charge is -2.26.